The van der Waals surface area contributed by atoms with E-state index >= 15 is 0 Å². The highest BCUT2D eigenvalue weighted by molar-refractivity contribution is 6.31. The van der Waals surface area contributed by atoms with Crippen LogP contribution in [0.1, 0.15) is 29.9 Å². The lowest BCUT2D eigenvalue weighted by Crippen LogP contribution is -2.29. The summed E-state index contributed by atoms with van der Waals surface area (Å²) in [4.78, 5) is 0. The number of nitrogens with one attached hydrogen (secondary N) is 1. The van der Waals surface area contributed by atoms with Gasteiger partial charge in [0.1, 0.15) is 0 Å². The number of rotatable bonds is 3. The van der Waals surface area contributed by atoms with E-state index in [0.717, 1.165) is 19.4 Å². The monoisotopic (exact) mass is 275 g/mol. The van der Waals surface area contributed by atoms with Gasteiger partial charge in [-0.1, -0.05) is 11.6 Å². The minimum atomic E-state index is -0.884. The molecular weight excluding hydrogens is 260 g/mol. The van der Waals surface area contributed by atoms with Gasteiger partial charge in [-0.2, -0.15) is 0 Å². The van der Waals surface area contributed by atoms with Crippen molar-refractivity contribution in [2.75, 3.05) is 20.2 Å². The molecule has 0 spiro atoms. The van der Waals surface area contributed by atoms with Crippen LogP contribution in [0.4, 0.5) is 8.78 Å². The molecule has 0 amide bonds. The third-order valence-corrected chi connectivity index (χ3v) is 3.64. The minimum Gasteiger partial charge on any atom is -0.380 e. The lowest BCUT2D eigenvalue weighted by atomic mass is 9.90. The Morgan fingerprint density at radius 1 is 1.44 bits per heavy atom. The summed E-state index contributed by atoms with van der Waals surface area (Å²) in [6.07, 6.45) is 1.81. The zero-order valence-corrected chi connectivity index (χ0v) is 11.0. The second-order valence-corrected chi connectivity index (χ2v) is 4.94. The highest BCUT2D eigenvalue weighted by Gasteiger charge is 2.24. The highest BCUT2D eigenvalue weighted by atomic mass is 35.5. The molecule has 5 heteroatoms. The lowest BCUT2D eigenvalue weighted by molar-refractivity contribution is 0.180. The summed E-state index contributed by atoms with van der Waals surface area (Å²) < 4.78 is 32.8. The molecule has 1 N–H and O–H groups in total. The van der Waals surface area contributed by atoms with Crippen molar-refractivity contribution in [3.05, 3.63) is 33.9 Å². The molecule has 1 aliphatic heterocycles. The molecule has 0 aliphatic carbocycles. The Labute approximate surface area is 110 Å². The van der Waals surface area contributed by atoms with E-state index in [-0.39, 0.29) is 23.1 Å². The van der Waals surface area contributed by atoms with Gasteiger partial charge >= 0.3 is 0 Å². The third-order valence-electron chi connectivity index (χ3n) is 3.31. The molecule has 1 aliphatic rings. The molecule has 0 aromatic heterocycles. The summed E-state index contributed by atoms with van der Waals surface area (Å²) in [5.41, 5.74) is 0.453. The van der Waals surface area contributed by atoms with Gasteiger partial charge in [-0.3, -0.25) is 0 Å². The zero-order chi connectivity index (χ0) is 13.1. The van der Waals surface area contributed by atoms with Crippen molar-refractivity contribution in [3.63, 3.8) is 0 Å². The summed E-state index contributed by atoms with van der Waals surface area (Å²) in [6.45, 7) is 1.57. The fraction of sp³-hybridized carbons (Fsp3) is 0.538. The second-order valence-electron chi connectivity index (χ2n) is 4.53. The van der Waals surface area contributed by atoms with E-state index in [1.54, 1.807) is 0 Å². The van der Waals surface area contributed by atoms with Crippen LogP contribution in [-0.4, -0.2) is 20.2 Å². The van der Waals surface area contributed by atoms with Crippen LogP contribution in [0.25, 0.3) is 0 Å². The Morgan fingerprint density at radius 3 is 2.83 bits per heavy atom. The van der Waals surface area contributed by atoms with Crippen molar-refractivity contribution in [3.8, 4) is 0 Å². The Morgan fingerprint density at radius 2 is 2.22 bits per heavy atom. The number of piperidine rings is 1. The largest absolute Gasteiger partial charge is 0.380 e. The second kappa shape index (κ2) is 5.95. The molecule has 2 nitrogen and oxygen atoms in total. The van der Waals surface area contributed by atoms with E-state index in [9.17, 15) is 8.78 Å². The SMILES string of the molecule is COCc1c(Cl)cc(C2CCCNC2)c(F)c1F. The Balaban J connectivity index is 2.37. The van der Waals surface area contributed by atoms with Gasteiger partial charge in [0.15, 0.2) is 11.6 Å². The number of ether oxygens (including phenoxy) is 1. The number of methoxy groups -OCH3 is 1. The van der Waals surface area contributed by atoms with Crippen molar-refractivity contribution >= 4 is 11.6 Å². The quantitative estimate of drug-likeness (QED) is 0.855. The normalized spacial score (nSPS) is 20.1. The van der Waals surface area contributed by atoms with Crippen LogP contribution in [0.3, 0.4) is 0 Å². The predicted molar refractivity (Wildman–Crippen MR) is 66.9 cm³/mol. The molecule has 100 valence electrons. The summed E-state index contributed by atoms with van der Waals surface area (Å²) in [5.74, 6) is -1.69. The molecule has 0 radical (unpaired) electrons. The van der Waals surface area contributed by atoms with Crippen molar-refractivity contribution in [1.29, 1.82) is 0 Å². The number of benzene rings is 1. The van der Waals surface area contributed by atoms with Crippen LogP contribution < -0.4 is 5.32 Å². The first-order valence-electron chi connectivity index (χ1n) is 6.01. The number of hydrogen-bond acceptors (Lipinski definition) is 2. The minimum absolute atomic E-state index is 0.0117. The van der Waals surface area contributed by atoms with Gasteiger partial charge in [0.05, 0.1) is 6.61 Å². The average Bonchev–Trinajstić information content (AvgIpc) is 2.40. The van der Waals surface area contributed by atoms with Crippen LogP contribution in [0.2, 0.25) is 5.02 Å². The van der Waals surface area contributed by atoms with Gasteiger partial charge in [0.2, 0.25) is 0 Å². The van der Waals surface area contributed by atoms with E-state index in [1.165, 1.54) is 13.2 Å². The fourth-order valence-electron chi connectivity index (χ4n) is 2.34. The van der Waals surface area contributed by atoms with Gasteiger partial charge < -0.3 is 10.1 Å². The molecule has 1 aromatic carbocycles. The first kappa shape index (κ1) is 13.7. The van der Waals surface area contributed by atoms with Crippen molar-refractivity contribution in [2.24, 2.45) is 0 Å². The third kappa shape index (κ3) is 2.66. The molecule has 1 aromatic rings. The van der Waals surface area contributed by atoms with Gasteiger partial charge in [-0.15, -0.1) is 0 Å². The van der Waals surface area contributed by atoms with Crippen LogP contribution >= 0.6 is 11.6 Å². The maximum absolute atomic E-state index is 14.0. The van der Waals surface area contributed by atoms with E-state index in [1.807, 2.05) is 0 Å². The molecule has 1 heterocycles. The van der Waals surface area contributed by atoms with Crippen LogP contribution in [0.5, 0.6) is 0 Å². The highest BCUT2D eigenvalue weighted by Crippen LogP contribution is 2.32. The summed E-state index contributed by atoms with van der Waals surface area (Å²) in [5, 5.41) is 3.42. The Bertz CT molecular complexity index is 433. The molecule has 1 saturated heterocycles. The van der Waals surface area contributed by atoms with Crippen LogP contribution in [-0.2, 0) is 11.3 Å². The molecule has 0 bridgehead atoms. The average molecular weight is 276 g/mol. The molecule has 0 saturated carbocycles. The topological polar surface area (TPSA) is 21.3 Å². The van der Waals surface area contributed by atoms with E-state index in [4.69, 9.17) is 16.3 Å². The molecule has 2 rings (SSSR count). The van der Waals surface area contributed by atoms with Gasteiger partial charge in [-0.05, 0) is 36.9 Å². The molecule has 18 heavy (non-hydrogen) atoms. The Kier molecular flexibility index (Phi) is 4.54. The van der Waals surface area contributed by atoms with Crippen LogP contribution in [0.15, 0.2) is 6.07 Å². The van der Waals surface area contributed by atoms with Crippen molar-refractivity contribution in [1.82, 2.24) is 5.32 Å². The maximum atomic E-state index is 14.0. The van der Waals surface area contributed by atoms with Gasteiger partial charge in [0.25, 0.3) is 0 Å². The number of hydrogen-bond donors (Lipinski definition) is 1. The summed E-state index contributed by atoms with van der Waals surface area (Å²) in [7, 11) is 1.42. The van der Waals surface area contributed by atoms with Crippen molar-refractivity contribution in [2.45, 2.75) is 25.4 Å². The number of halogens is 3. The standard InChI is InChI=1S/C13H16ClF2NO/c1-18-7-10-11(14)5-9(12(15)13(10)16)8-3-2-4-17-6-8/h5,8,17H,2-4,6-7H2,1H3. The fourth-order valence-corrected chi connectivity index (χ4v) is 2.60. The van der Waals surface area contributed by atoms with Gasteiger partial charge in [-0.25, -0.2) is 8.78 Å². The predicted octanol–water partition coefficient (Wildman–Crippen LogP) is 3.23. The molecule has 1 fully saturated rings. The lowest BCUT2D eigenvalue weighted by Gasteiger charge is -2.24. The first-order chi connectivity index (χ1) is 8.65. The van der Waals surface area contributed by atoms with E-state index in [0.29, 0.717) is 12.1 Å². The Hall–Kier alpha value is -0.710. The van der Waals surface area contributed by atoms with Crippen molar-refractivity contribution < 1.29 is 13.5 Å². The van der Waals surface area contributed by atoms with Crippen LogP contribution in [0, 0.1) is 11.6 Å². The molecule has 1 unspecified atom stereocenters. The summed E-state index contributed by atoms with van der Waals surface area (Å²) in [6, 6.07) is 1.53. The zero-order valence-electron chi connectivity index (χ0n) is 10.2. The first-order valence-corrected chi connectivity index (χ1v) is 6.39. The summed E-state index contributed by atoms with van der Waals surface area (Å²) >= 11 is 6.00. The molecule has 1 atom stereocenters. The van der Waals surface area contributed by atoms with E-state index in [2.05, 4.69) is 5.32 Å². The smallest absolute Gasteiger partial charge is 0.166 e. The maximum Gasteiger partial charge on any atom is 0.166 e. The molecular formula is C13H16ClF2NO. The van der Waals surface area contributed by atoms with E-state index < -0.39 is 11.6 Å². The van der Waals surface area contributed by atoms with Gasteiger partial charge in [0, 0.05) is 24.2 Å².